The molecule has 0 saturated heterocycles. The van der Waals surface area contributed by atoms with Crippen LogP contribution in [0.15, 0.2) is 12.1 Å². The first kappa shape index (κ1) is 9.45. The van der Waals surface area contributed by atoms with Gasteiger partial charge in [-0.25, -0.2) is 0 Å². The third-order valence-electron chi connectivity index (χ3n) is 2.13. The molecular weight excluding hydrogens is 166 g/mol. The normalized spacial score (nSPS) is 9.69. The van der Waals surface area contributed by atoms with Gasteiger partial charge in [0.1, 0.15) is 0 Å². The van der Waals surface area contributed by atoms with Crippen molar-refractivity contribution in [2.45, 2.75) is 13.8 Å². The van der Waals surface area contributed by atoms with Crippen LogP contribution in [0.2, 0.25) is 0 Å². The van der Waals surface area contributed by atoms with E-state index in [1.807, 2.05) is 6.92 Å². The highest BCUT2D eigenvalue weighted by molar-refractivity contribution is 6.01. The summed E-state index contributed by atoms with van der Waals surface area (Å²) in [6.45, 7) is 3.58. The third-order valence-corrected chi connectivity index (χ3v) is 2.13. The van der Waals surface area contributed by atoms with E-state index in [2.05, 4.69) is 0 Å². The van der Waals surface area contributed by atoms with Gasteiger partial charge in [0.2, 0.25) is 0 Å². The third kappa shape index (κ3) is 1.59. The summed E-state index contributed by atoms with van der Waals surface area (Å²) in [4.78, 5) is 21.3. The summed E-state index contributed by atoms with van der Waals surface area (Å²) >= 11 is 0. The molecule has 1 aromatic rings. The topological polar surface area (TPSA) is 56.4 Å². The fraction of sp³-hybridized carbons (Fsp3) is 0.200. The highest BCUT2D eigenvalue weighted by Gasteiger charge is 2.12. The number of aryl methyl sites for hydroxylation is 1. The first-order valence-electron chi connectivity index (χ1n) is 3.86. The molecule has 0 N–H and O–H groups in total. The van der Waals surface area contributed by atoms with Crippen LogP contribution in [0.5, 0.6) is 0 Å². The van der Waals surface area contributed by atoms with Crippen molar-refractivity contribution < 1.29 is 9.59 Å². The molecule has 0 aliphatic heterocycles. The molecule has 0 aliphatic rings. The van der Waals surface area contributed by atoms with Crippen molar-refractivity contribution in [2.75, 3.05) is 0 Å². The quantitative estimate of drug-likeness (QED) is 0.636. The molecule has 3 heteroatoms. The molecule has 1 amide bonds. The van der Waals surface area contributed by atoms with Gasteiger partial charge in [-0.05, 0) is 31.0 Å². The highest BCUT2D eigenvalue weighted by Crippen LogP contribution is 2.15. The first-order chi connectivity index (χ1) is 6.07. The number of nitrogens with zero attached hydrogens (tertiary/aromatic N) is 1. The van der Waals surface area contributed by atoms with E-state index in [0.29, 0.717) is 6.29 Å². The van der Waals surface area contributed by atoms with E-state index in [0.717, 1.165) is 11.1 Å². The molecule has 0 atom stereocenters. The van der Waals surface area contributed by atoms with Crippen LogP contribution in [-0.4, -0.2) is 12.2 Å². The minimum Gasteiger partial charge on any atom is -0.298 e. The summed E-state index contributed by atoms with van der Waals surface area (Å²) in [5.41, 5.74) is 10.7. The molecule has 0 heterocycles. The van der Waals surface area contributed by atoms with Crippen molar-refractivity contribution in [3.63, 3.8) is 0 Å². The summed E-state index contributed by atoms with van der Waals surface area (Å²) in [6.07, 6.45) is 0.589. The predicted molar refractivity (Wildman–Crippen MR) is 47.8 cm³/mol. The van der Waals surface area contributed by atoms with Crippen molar-refractivity contribution in [2.24, 2.45) is 0 Å². The van der Waals surface area contributed by atoms with Gasteiger partial charge in [0, 0.05) is 5.56 Å². The minimum absolute atomic E-state index is 0.0677. The number of hydrogen-bond acceptors (Lipinski definition) is 2. The molecule has 13 heavy (non-hydrogen) atoms. The van der Waals surface area contributed by atoms with E-state index < -0.39 is 5.91 Å². The second-order valence-electron chi connectivity index (χ2n) is 2.89. The lowest BCUT2D eigenvalue weighted by Gasteiger charge is -2.05. The maximum absolute atomic E-state index is 10.7. The molecule has 3 nitrogen and oxygen atoms in total. The molecule has 0 unspecified atom stereocenters. The van der Waals surface area contributed by atoms with Gasteiger partial charge in [-0.3, -0.25) is 9.59 Å². The van der Waals surface area contributed by atoms with Gasteiger partial charge in [-0.1, -0.05) is 6.07 Å². The molecule has 2 radical (unpaired) electrons. The van der Waals surface area contributed by atoms with Crippen LogP contribution in [0.25, 0.3) is 0 Å². The maximum atomic E-state index is 10.7. The number of carbonyl (C=O) groups excluding carboxylic acids is 2. The number of aldehydes is 1. The van der Waals surface area contributed by atoms with Crippen LogP contribution >= 0.6 is 0 Å². The number of benzene rings is 1. The summed E-state index contributed by atoms with van der Waals surface area (Å²) in [5.74, 6) is -1.06. The minimum atomic E-state index is -1.06. The van der Waals surface area contributed by atoms with Crippen molar-refractivity contribution in [1.29, 1.82) is 0 Å². The van der Waals surface area contributed by atoms with Crippen LogP contribution < -0.4 is 5.73 Å². The van der Waals surface area contributed by atoms with Crippen LogP contribution in [0.4, 0.5) is 0 Å². The van der Waals surface area contributed by atoms with Crippen molar-refractivity contribution in [3.05, 3.63) is 34.4 Å². The zero-order valence-electron chi connectivity index (χ0n) is 7.50. The average molecular weight is 175 g/mol. The Kier molecular flexibility index (Phi) is 2.46. The number of hydrogen-bond donors (Lipinski definition) is 0. The van der Waals surface area contributed by atoms with Gasteiger partial charge in [0.05, 0.1) is 5.56 Å². The summed E-state index contributed by atoms with van der Waals surface area (Å²) in [5, 5.41) is 0. The second-order valence-corrected chi connectivity index (χ2v) is 2.89. The van der Waals surface area contributed by atoms with Gasteiger partial charge < -0.3 is 0 Å². The number of rotatable bonds is 2. The van der Waals surface area contributed by atoms with Crippen molar-refractivity contribution >= 4 is 12.2 Å². The Labute approximate surface area is 76.6 Å². The van der Waals surface area contributed by atoms with E-state index in [4.69, 9.17) is 5.73 Å². The second kappa shape index (κ2) is 3.39. The maximum Gasteiger partial charge on any atom is 0.296 e. The molecule has 0 spiro atoms. The Morgan fingerprint density at radius 2 is 2.00 bits per heavy atom. The molecular formula is C10H9NO2. The SMILES string of the molecule is Cc1ccc(C([N])=O)c(C=O)c1C. The molecule has 0 aliphatic carbocycles. The van der Waals surface area contributed by atoms with Crippen molar-refractivity contribution in [1.82, 2.24) is 5.73 Å². The molecule has 0 saturated carbocycles. The number of amides is 1. The summed E-state index contributed by atoms with van der Waals surface area (Å²) < 4.78 is 0. The highest BCUT2D eigenvalue weighted by atomic mass is 16.1. The lowest BCUT2D eigenvalue weighted by molar-refractivity contribution is 0.0985. The van der Waals surface area contributed by atoms with E-state index in [9.17, 15) is 9.59 Å². The Hall–Kier alpha value is -1.64. The smallest absolute Gasteiger partial charge is 0.296 e. The molecule has 66 valence electrons. The predicted octanol–water partition coefficient (Wildman–Crippen LogP) is 1.32. The largest absolute Gasteiger partial charge is 0.298 e. The monoisotopic (exact) mass is 175 g/mol. The van der Waals surface area contributed by atoms with Gasteiger partial charge >= 0.3 is 0 Å². The Morgan fingerprint density at radius 1 is 1.38 bits per heavy atom. The summed E-state index contributed by atoms with van der Waals surface area (Å²) in [6, 6.07) is 3.15. The van der Waals surface area contributed by atoms with Crippen LogP contribution in [0.3, 0.4) is 0 Å². The van der Waals surface area contributed by atoms with E-state index in [1.54, 1.807) is 13.0 Å². The number of carbonyl (C=O) groups is 2. The van der Waals surface area contributed by atoms with Crippen LogP contribution in [0.1, 0.15) is 31.8 Å². The zero-order chi connectivity index (χ0) is 10.0. The Balaban J connectivity index is 3.47. The first-order valence-corrected chi connectivity index (χ1v) is 3.86. The van der Waals surface area contributed by atoms with Gasteiger partial charge in [0.15, 0.2) is 6.29 Å². The van der Waals surface area contributed by atoms with Crippen molar-refractivity contribution in [3.8, 4) is 0 Å². The molecule has 0 bridgehead atoms. The van der Waals surface area contributed by atoms with E-state index in [-0.39, 0.29) is 11.1 Å². The lowest BCUT2D eigenvalue weighted by atomic mass is 9.98. The molecule has 1 aromatic carbocycles. The van der Waals surface area contributed by atoms with Crippen LogP contribution in [-0.2, 0) is 0 Å². The lowest BCUT2D eigenvalue weighted by Crippen LogP contribution is -2.06. The molecule has 1 rings (SSSR count). The molecule has 0 fully saturated rings. The zero-order valence-corrected chi connectivity index (χ0v) is 7.50. The van der Waals surface area contributed by atoms with E-state index >= 15 is 0 Å². The fourth-order valence-corrected chi connectivity index (χ4v) is 1.18. The van der Waals surface area contributed by atoms with Gasteiger partial charge in [-0.15, -0.1) is 5.73 Å². The average Bonchev–Trinajstić information content (AvgIpc) is 2.09. The Bertz CT molecular complexity index is 369. The standard InChI is InChI=1S/C10H9NO2/c1-6-3-4-8(10(11)13)9(5-12)7(6)2/h3-5H,1-2H3. The van der Waals surface area contributed by atoms with Gasteiger partial charge in [-0.2, -0.15) is 0 Å². The van der Waals surface area contributed by atoms with E-state index in [1.165, 1.54) is 6.07 Å². The van der Waals surface area contributed by atoms with Crippen LogP contribution in [0, 0.1) is 13.8 Å². The molecule has 0 aromatic heterocycles. The fourth-order valence-electron chi connectivity index (χ4n) is 1.18. The van der Waals surface area contributed by atoms with Gasteiger partial charge in [0.25, 0.3) is 5.91 Å². The summed E-state index contributed by atoms with van der Waals surface area (Å²) in [7, 11) is 0. The Morgan fingerprint density at radius 3 is 2.46 bits per heavy atom.